The van der Waals surface area contributed by atoms with Crippen LogP contribution in [0.25, 0.3) is 0 Å². The van der Waals surface area contributed by atoms with Crippen LogP contribution in [0.2, 0.25) is 0 Å². The number of thiazole rings is 1. The number of nitrogens with zero attached hydrogens (tertiary/aromatic N) is 1. The van der Waals surface area contributed by atoms with Crippen molar-refractivity contribution in [2.45, 2.75) is 51.5 Å². The van der Waals surface area contributed by atoms with Gasteiger partial charge in [-0.15, -0.1) is 11.3 Å². The van der Waals surface area contributed by atoms with Gasteiger partial charge in [-0.3, -0.25) is 10.1 Å². The van der Waals surface area contributed by atoms with Crippen LogP contribution in [-0.2, 0) is 11.2 Å². The van der Waals surface area contributed by atoms with Gasteiger partial charge in [0.05, 0.1) is 24.9 Å². The molecule has 150 valence electrons. The van der Waals surface area contributed by atoms with E-state index >= 15 is 0 Å². The van der Waals surface area contributed by atoms with Gasteiger partial charge in [0.15, 0.2) is 5.13 Å². The fourth-order valence-electron chi connectivity index (χ4n) is 3.29. The van der Waals surface area contributed by atoms with Gasteiger partial charge in [-0.05, 0) is 37.5 Å². The second-order valence-electron chi connectivity index (χ2n) is 7.01. The van der Waals surface area contributed by atoms with Crippen molar-refractivity contribution in [2.24, 2.45) is 0 Å². The van der Waals surface area contributed by atoms with Crippen molar-refractivity contribution in [3.8, 4) is 5.75 Å². The van der Waals surface area contributed by atoms with E-state index in [4.69, 9.17) is 4.74 Å². The molecule has 1 aromatic carbocycles. The highest BCUT2D eigenvalue weighted by Gasteiger charge is 2.17. The molecule has 1 aliphatic carbocycles. The van der Waals surface area contributed by atoms with Crippen molar-refractivity contribution >= 4 is 34.1 Å². The summed E-state index contributed by atoms with van der Waals surface area (Å²) < 4.78 is 5.28. The second-order valence-corrected chi connectivity index (χ2v) is 7.86. The molecule has 3 N–H and O–H groups in total. The van der Waals surface area contributed by atoms with E-state index in [1.807, 2.05) is 25.1 Å². The molecule has 7 nitrogen and oxygen atoms in total. The molecule has 3 rings (SSSR count). The molecule has 8 heteroatoms. The summed E-state index contributed by atoms with van der Waals surface area (Å²) in [6, 6.07) is 5.61. The number of ether oxygens (including phenoxy) is 1. The molecule has 28 heavy (non-hydrogen) atoms. The Kier molecular flexibility index (Phi) is 6.86. The van der Waals surface area contributed by atoms with Gasteiger partial charge in [0, 0.05) is 11.4 Å². The van der Waals surface area contributed by atoms with Crippen LogP contribution in [0.15, 0.2) is 23.6 Å². The van der Waals surface area contributed by atoms with E-state index in [0.717, 1.165) is 31.2 Å². The predicted octanol–water partition coefficient (Wildman–Crippen LogP) is 4.10. The lowest BCUT2D eigenvalue weighted by Gasteiger charge is -2.22. The molecule has 0 unspecified atom stereocenters. The lowest BCUT2D eigenvalue weighted by atomic mass is 9.96. The largest absolute Gasteiger partial charge is 0.495 e. The molecule has 1 saturated carbocycles. The van der Waals surface area contributed by atoms with Gasteiger partial charge < -0.3 is 15.4 Å². The van der Waals surface area contributed by atoms with Crippen molar-refractivity contribution in [3.63, 3.8) is 0 Å². The van der Waals surface area contributed by atoms with Gasteiger partial charge in [0.1, 0.15) is 5.75 Å². The molecule has 0 aliphatic heterocycles. The van der Waals surface area contributed by atoms with E-state index in [1.165, 1.54) is 17.8 Å². The summed E-state index contributed by atoms with van der Waals surface area (Å²) in [6.45, 7) is 1.95. The first-order chi connectivity index (χ1) is 13.5. The Bertz CT molecular complexity index is 831. The normalized spacial score (nSPS) is 14.4. The lowest BCUT2D eigenvalue weighted by Crippen LogP contribution is -2.39. The number of amides is 3. The van der Waals surface area contributed by atoms with Crippen LogP contribution >= 0.6 is 11.3 Å². The molecule has 0 spiro atoms. The zero-order valence-electron chi connectivity index (χ0n) is 16.2. The summed E-state index contributed by atoms with van der Waals surface area (Å²) >= 11 is 1.31. The minimum absolute atomic E-state index is 0.125. The number of urea groups is 1. The van der Waals surface area contributed by atoms with E-state index in [1.54, 1.807) is 12.5 Å². The molecule has 1 aromatic heterocycles. The van der Waals surface area contributed by atoms with Crippen LogP contribution in [0.1, 0.15) is 43.4 Å². The molecule has 0 atom stereocenters. The highest BCUT2D eigenvalue weighted by molar-refractivity contribution is 7.13. The first-order valence-electron chi connectivity index (χ1n) is 9.50. The smallest absolute Gasteiger partial charge is 0.321 e. The monoisotopic (exact) mass is 402 g/mol. The van der Waals surface area contributed by atoms with E-state index in [-0.39, 0.29) is 24.4 Å². The van der Waals surface area contributed by atoms with Gasteiger partial charge >= 0.3 is 6.03 Å². The average molecular weight is 403 g/mol. The van der Waals surface area contributed by atoms with E-state index in [0.29, 0.717) is 22.3 Å². The molecule has 3 amide bonds. The number of hydrogen-bond acceptors (Lipinski definition) is 5. The summed E-state index contributed by atoms with van der Waals surface area (Å²) in [6.07, 6.45) is 5.74. The van der Waals surface area contributed by atoms with E-state index in [2.05, 4.69) is 20.9 Å². The highest BCUT2D eigenvalue weighted by atomic mass is 32.1. The molecule has 0 radical (unpaired) electrons. The van der Waals surface area contributed by atoms with Crippen LogP contribution in [-0.4, -0.2) is 30.1 Å². The number of aromatic nitrogens is 1. The number of benzene rings is 1. The maximum absolute atomic E-state index is 12.4. The van der Waals surface area contributed by atoms with Crippen LogP contribution in [0, 0.1) is 6.92 Å². The first-order valence-corrected chi connectivity index (χ1v) is 10.4. The fraction of sp³-hybridized carbons (Fsp3) is 0.450. The Labute approximate surface area is 168 Å². The van der Waals surface area contributed by atoms with Gasteiger partial charge in [-0.25, -0.2) is 9.78 Å². The minimum Gasteiger partial charge on any atom is -0.495 e. The number of rotatable bonds is 6. The van der Waals surface area contributed by atoms with Gasteiger partial charge in [0.2, 0.25) is 5.91 Å². The Balaban J connectivity index is 1.52. The first kappa shape index (κ1) is 20.1. The second kappa shape index (κ2) is 9.54. The van der Waals surface area contributed by atoms with Crippen LogP contribution in [0.4, 0.5) is 15.6 Å². The number of methoxy groups -OCH3 is 1. The molecule has 0 saturated heterocycles. The Morgan fingerprint density at radius 2 is 2.00 bits per heavy atom. The average Bonchev–Trinajstić information content (AvgIpc) is 3.09. The Morgan fingerprint density at radius 1 is 1.21 bits per heavy atom. The third-order valence-electron chi connectivity index (χ3n) is 4.68. The summed E-state index contributed by atoms with van der Waals surface area (Å²) in [5, 5.41) is 10.9. The van der Waals surface area contributed by atoms with Crippen molar-refractivity contribution < 1.29 is 14.3 Å². The number of nitrogens with one attached hydrogen (secondary N) is 3. The number of carbonyl (C=O) groups excluding carboxylic acids is 2. The number of carbonyl (C=O) groups is 2. The zero-order chi connectivity index (χ0) is 19.9. The lowest BCUT2D eigenvalue weighted by molar-refractivity contribution is -0.115. The van der Waals surface area contributed by atoms with Gasteiger partial charge in [-0.1, -0.05) is 25.3 Å². The van der Waals surface area contributed by atoms with Crippen molar-refractivity contribution in [2.75, 3.05) is 17.7 Å². The van der Waals surface area contributed by atoms with E-state index < -0.39 is 0 Å². The highest BCUT2D eigenvalue weighted by Crippen LogP contribution is 2.25. The summed E-state index contributed by atoms with van der Waals surface area (Å²) in [7, 11) is 1.57. The SMILES string of the molecule is COc1ccc(C)cc1NC(=O)Cc1csc(NC(=O)NC2CCCCC2)n1. The zero-order valence-corrected chi connectivity index (χ0v) is 17.0. The molecule has 1 fully saturated rings. The summed E-state index contributed by atoms with van der Waals surface area (Å²) in [4.78, 5) is 28.8. The molecule has 2 aromatic rings. The van der Waals surface area contributed by atoms with Crippen LogP contribution in [0.5, 0.6) is 5.75 Å². The minimum atomic E-state index is -0.234. The van der Waals surface area contributed by atoms with E-state index in [9.17, 15) is 9.59 Å². The Morgan fingerprint density at radius 3 is 2.75 bits per heavy atom. The topological polar surface area (TPSA) is 92.4 Å². The third-order valence-corrected chi connectivity index (χ3v) is 5.49. The predicted molar refractivity (Wildman–Crippen MR) is 111 cm³/mol. The standard InChI is InChI=1S/C20H26N4O3S/c1-13-8-9-17(27-2)16(10-13)23-18(25)11-15-12-28-20(22-15)24-19(26)21-14-6-4-3-5-7-14/h8-10,12,14H,3-7,11H2,1-2H3,(H,23,25)(H2,21,22,24,26). The van der Waals surface area contributed by atoms with Crippen LogP contribution < -0.4 is 20.7 Å². The molecule has 0 bridgehead atoms. The van der Waals surface area contributed by atoms with Gasteiger partial charge in [-0.2, -0.15) is 0 Å². The maximum Gasteiger partial charge on any atom is 0.321 e. The third kappa shape index (κ3) is 5.69. The fourth-order valence-corrected chi connectivity index (χ4v) is 3.99. The van der Waals surface area contributed by atoms with Crippen molar-refractivity contribution in [1.82, 2.24) is 10.3 Å². The molecular formula is C20H26N4O3S. The molecule has 1 heterocycles. The summed E-state index contributed by atoms with van der Waals surface area (Å²) in [5.74, 6) is 0.423. The number of anilines is 2. The maximum atomic E-state index is 12.4. The van der Waals surface area contributed by atoms with Gasteiger partial charge in [0.25, 0.3) is 0 Å². The molecular weight excluding hydrogens is 376 g/mol. The van der Waals surface area contributed by atoms with Crippen molar-refractivity contribution in [1.29, 1.82) is 0 Å². The number of aryl methyl sites for hydroxylation is 1. The Hall–Kier alpha value is -2.61. The molecule has 1 aliphatic rings. The summed E-state index contributed by atoms with van der Waals surface area (Å²) in [5.41, 5.74) is 2.27. The quantitative estimate of drug-likeness (QED) is 0.678. The van der Waals surface area contributed by atoms with Crippen molar-refractivity contribution in [3.05, 3.63) is 34.8 Å². The van der Waals surface area contributed by atoms with Crippen LogP contribution in [0.3, 0.4) is 0 Å². The number of hydrogen-bond donors (Lipinski definition) is 3.